The van der Waals surface area contributed by atoms with Gasteiger partial charge in [-0.25, -0.2) is 0 Å². The summed E-state index contributed by atoms with van der Waals surface area (Å²) < 4.78 is 4.86. The zero-order valence-corrected chi connectivity index (χ0v) is 13.6. The van der Waals surface area contributed by atoms with E-state index in [1.807, 2.05) is 13.8 Å². The molecule has 0 spiro atoms. The Morgan fingerprint density at radius 3 is 1.75 bits per heavy atom. The van der Waals surface area contributed by atoms with Gasteiger partial charge in [-0.2, -0.15) is 0 Å². The van der Waals surface area contributed by atoms with Gasteiger partial charge in [-0.3, -0.25) is 0 Å². The first-order valence-corrected chi connectivity index (χ1v) is 8.55. The van der Waals surface area contributed by atoms with Gasteiger partial charge in [-0.1, -0.05) is 61.6 Å². The summed E-state index contributed by atoms with van der Waals surface area (Å²) in [5, 5.41) is 0. The van der Waals surface area contributed by atoms with E-state index >= 15 is 0 Å². The molecule has 0 aromatic rings. The quantitative estimate of drug-likeness (QED) is 0.424. The molecule has 0 fully saturated rings. The average Bonchev–Trinajstić information content (AvgIpc) is 1.79. The van der Waals surface area contributed by atoms with Gasteiger partial charge in [0.05, 0.1) is 0 Å². The highest BCUT2D eigenvalue weighted by atomic mass is 80.0. The molecule has 0 aliphatic heterocycles. The monoisotopic (exact) mass is 422 g/mol. The molecule has 7 heteroatoms. The van der Waals surface area contributed by atoms with E-state index in [2.05, 4.69) is 47.8 Å². The van der Waals surface area contributed by atoms with Crippen LogP contribution >= 0.6 is 77.1 Å². The molecule has 0 radical (unpaired) electrons. The Bertz CT molecular complexity index is 139. The molecule has 74 valence electrons. The Morgan fingerprint density at radius 1 is 1.25 bits per heavy atom. The fraction of sp³-hybridized carbons (Fsp3) is 1.00. The Morgan fingerprint density at radius 2 is 1.67 bits per heavy atom. The molecule has 0 aromatic heterocycles. The van der Waals surface area contributed by atoms with Crippen LogP contribution in [0, 0.1) is 5.92 Å². The van der Waals surface area contributed by atoms with Crippen molar-refractivity contribution >= 4 is 77.1 Å². The van der Waals surface area contributed by atoms with Crippen LogP contribution in [0.25, 0.3) is 0 Å². The van der Waals surface area contributed by atoms with Crippen molar-refractivity contribution in [2.45, 2.75) is 22.1 Å². The van der Waals surface area contributed by atoms with Gasteiger partial charge >= 0.3 is 0 Å². The lowest BCUT2D eigenvalue weighted by Crippen LogP contribution is -2.30. The third-order valence-electron chi connectivity index (χ3n) is 1.12. The van der Waals surface area contributed by atoms with Crippen molar-refractivity contribution in [2.24, 2.45) is 5.92 Å². The maximum atomic E-state index is 5.57. The minimum Gasteiger partial charge on any atom is -0.325 e. The number of alkyl halides is 3. The van der Waals surface area contributed by atoms with Gasteiger partial charge in [-0.15, -0.1) is 0 Å². The van der Waals surface area contributed by atoms with E-state index in [1.165, 1.54) is 0 Å². The average molecular weight is 426 g/mol. The van der Waals surface area contributed by atoms with Gasteiger partial charge in [0, 0.05) is 0 Å². The van der Waals surface area contributed by atoms with Crippen LogP contribution in [0.2, 0.25) is 0 Å². The molecule has 1 unspecified atom stereocenters. The molecular weight excluding hydrogens is 418 g/mol. The highest BCUT2D eigenvalue weighted by Gasteiger charge is 2.35. The minimum atomic E-state index is -1.38. The highest BCUT2D eigenvalue weighted by molar-refractivity contribution is 9.39. The van der Waals surface area contributed by atoms with Crippen LogP contribution in [0.5, 0.6) is 0 Å². The molecular formula is C5H8Br3Cl2OP. The Labute approximate surface area is 109 Å². The van der Waals surface area contributed by atoms with Crippen molar-refractivity contribution in [3.8, 4) is 0 Å². The summed E-state index contributed by atoms with van der Waals surface area (Å²) in [7, 11) is 0. The molecule has 1 nitrogen and oxygen atoms in total. The second-order valence-electron chi connectivity index (χ2n) is 2.51. The second-order valence-corrected chi connectivity index (χ2v) is 12.4. The summed E-state index contributed by atoms with van der Waals surface area (Å²) in [5.74, 6) is 0.297. The van der Waals surface area contributed by atoms with Crippen LogP contribution < -0.4 is 0 Å². The van der Waals surface area contributed by atoms with E-state index in [9.17, 15) is 0 Å². The lowest BCUT2D eigenvalue weighted by molar-refractivity contribution is 0.192. The van der Waals surface area contributed by atoms with Gasteiger partial charge in [0.2, 0.25) is 6.85 Å². The maximum Gasteiger partial charge on any atom is 0.225 e. The molecule has 0 bridgehead atoms. The third kappa shape index (κ3) is 6.00. The van der Waals surface area contributed by atoms with Crippen LogP contribution in [0.15, 0.2) is 0 Å². The second kappa shape index (κ2) is 6.09. The number of rotatable bonds is 3. The predicted molar refractivity (Wildman–Crippen MR) is 67.8 cm³/mol. The zero-order valence-electron chi connectivity index (χ0n) is 6.40. The van der Waals surface area contributed by atoms with Crippen LogP contribution in [-0.2, 0) is 4.52 Å². The fourth-order valence-corrected chi connectivity index (χ4v) is 4.03. The molecule has 0 saturated heterocycles. The van der Waals surface area contributed by atoms with Gasteiger partial charge in [-0.05, 0) is 28.4 Å². The first-order valence-electron chi connectivity index (χ1n) is 3.10. The van der Waals surface area contributed by atoms with Crippen molar-refractivity contribution in [2.75, 3.05) is 0 Å². The molecule has 12 heavy (non-hydrogen) atoms. The van der Waals surface area contributed by atoms with Crippen molar-refractivity contribution in [3.63, 3.8) is 0 Å². The molecule has 0 aromatic carbocycles. The number of hydrogen-bond acceptors (Lipinski definition) is 1. The highest BCUT2D eigenvalue weighted by Crippen LogP contribution is 2.54. The lowest BCUT2D eigenvalue weighted by Gasteiger charge is -2.28. The fourth-order valence-electron chi connectivity index (χ4n) is 0.645. The van der Waals surface area contributed by atoms with E-state index in [0.29, 0.717) is 5.92 Å². The molecule has 0 saturated carbocycles. The molecule has 0 aliphatic rings. The topological polar surface area (TPSA) is 9.23 Å². The van der Waals surface area contributed by atoms with Gasteiger partial charge in [0.25, 0.3) is 0 Å². The minimum absolute atomic E-state index is 0.126. The SMILES string of the molecule is CC(C)C(OP(Cl)Cl)C(Br)(Br)Br. The van der Waals surface area contributed by atoms with Crippen LogP contribution in [0.3, 0.4) is 0 Å². The molecule has 0 heterocycles. The van der Waals surface area contributed by atoms with E-state index in [0.717, 1.165) is 0 Å². The molecule has 0 amide bonds. The summed E-state index contributed by atoms with van der Waals surface area (Å²) in [6.07, 6.45) is -0.126. The third-order valence-corrected chi connectivity index (χ3v) is 3.34. The lowest BCUT2D eigenvalue weighted by atomic mass is 10.1. The summed E-state index contributed by atoms with van der Waals surface area (Å²) in [6, 6.07) is 0. The van der Waals surface area contributed by atoms with Crippen LogP contribution in [0.1, 0.15) is 13.8 Å². The van der Waals surface area contributed by atoms with Gasteiger partial charge in [0.1, 0.15) is 6.10 Å². The predicted octanol–water partition coefficient (Wildman–Crippen LogP) is 5.57. The summed E-state index contributed by atoms with van der Waals surface area (Å²) >= 11 is 21.3. The van der Waals surface area contributed by atoms with Crippen LogP contribution in [-0.4, -0.2) is 8.25 Å². The van der Waals surface area contributed by atoms with Crippen LogP contribution in [0.4, 0.5) is 0 Å². The molecule has 0 aliphatic carbocycles. The maximum absolute atomic E-state index is 5.57. The van der Waals surface area contributed by atoms with Crippen molar-refractivity contribution < 1.29 is 4.52 Å². The first kappa shape index (κ1) is 14.4. The van der Waals surface area contributed by atoms with E-state index in [-0.39, 0.29) is 6.10 Å². The normalized spacial score (nSPS) is 15.8. The van der Waals surface area contributed by atoms with Crippen molar-refractivity contribution in [1.82, 2.24) is 0 Å². The van der Waals surface area contributed by atoms with E-state index < -0.39 is 9.00 Å². The molecule has 0 N–H and O–H groups in total. The zero-order chi connectivity index (χ0) is 9.94. The Hall–Kier alpha value is 2.41. The van der Waals surface area contributed by atoms with Crippen molar-refractivity contribution in [1.29, 1.82) is 0 Å². The molecule has 1 atom stereocenters. The van der Waals surface area contributed by atoms with Crippen molar-refractivity contribution in [3.05, 3.63) is 0 Å². The first-order chi connectivity index (χ1) is 5.25. The largest absolute Gasteiger partial charge is 0.325 e. The van der Waals surface area contributed by atoms with E-state index in [4.69, 9.17) is 27.0 Å². The van der Waals surface area contributed by atoms with E-state index in [1.54, 1.807) is 0 Å². The van der Waals surface area contributed by atoms with Gasteiger partial charge in [0.15, 0.2) is 2.14 Å². The summed E-state index contributed by atoms with van der Waals surface area (Å²) in [6.45, 7) is 2.67. The summed E-state index contributed by atoms with van der Waals surface area (Å²) in [5.41, 5.74) is 0. The summed E-state index contributed by atoms with van der Waals surface area (Å²) in [4.78, 5) is 0. The standard InChI is InChI=1S/C5H8Br3Cl2OP/c1-3(2)4(5(6,7)8)11-12(9)10/h3-4H,1-2H3. The van der Waals surface area contributed by atoms with Gasteiger partial charge < -0.3 is 4.52 Å². The number of hydrogen-bond donors (Lipinski definition) is 0. The smallest absolute Gasteiger partial charge is 0.225 e. The Balaban J connectivity index is 4.25. The number of halogens is 5. The molecule has 0 rings (SSSR count). The Kier molecular flexibility index (Phi) is 7.32.